The molecule has 0 radical (unpaired) electrons. The molecule has 0 bridgehead atoms. The summed E-state index contributed by atoms with van der Waals surface area (Å²) >= 11 is 17.3. The van der Waals surface area contributed by atoms with E-state index in [-0.39, 0.29) is 19.1 Å². The lowest BCUT2D eigenvalue weighted by molar-refractivity contribution is -0.278. The minimum absolute atomic E-state index is 0.0834. The summed E-state index contributed by atoms with van der Waals surface area (Å²) in [6.45, 7) is 1.01. The van der Waals surface area contributed by atoms with E-state index in [0.29, 0.717) is 5.56 Å². The third kappa shape index (κ3) is 12.9. The number of alkyl halides is 3. The second-order valence-corrected chi connectivity index (χ2v) is 15.8. The predicted molar refractivity (Wildman–Crippen MR) is 209 cm³/mol. The van der Waals surface area contributed by atoms with Crippen LogP contribution in [-0.4, -0.2) is 103 Å². The molecule has 2 aliphatic rings. The van der Waals surface area contributed by atoms with Crippen LogP contribution in [0.15, 0.2) is 78.9 Å². The van der Waals surface area contributed by atoms with Gasteiger partial charge in [-0.25, -0.2) is 14.4 Å². The van der Waals surface area contributed by atoms with Gasteiger partial charge < -0.3 is 48.5 Å². The predicted octanol–water partition coefficient (Wildman–Crippen LogP) is 5.27. The lowest BCUT2D eigenvalue weighted by Crippen LogP contribution is -2.67. The molecule has 2 amide bonds. The van der Waals surface area contributed by atoms with E-state index in [1.807, 2.05) is 48.5 Å². The van der Waals surface area contributed by atoms with Crippen molar-refractivity contribution in [1.82, 2.24) is 10.6 Å². The van der Waals surface area contributed by atoms with Crippen LogP contribution in [0.3, 0.4) is 0 Å². The SMILES string of the molecule is CC(=O)OC[C@H]1O[C@@H](OC[C@H](NC(=O)OCC2c3ccccc3-c3ccccc32)C(=O)OCc2ccccc2)[C@H](NC(=O)OCC(Cl)(Cl)Cl)[C@@H](OC(C)=O)[C@@H]1OC(C)=O. The summed E-state index contributed by atoms with van der Waals surface area (Å²) in [5, 5.41) is 4.89. The average Bonchev–Trinajstić information content (AvgIpc) is 3.51. The fourth-order valence-electron chi connectivity index (χ4n) is 6.49. The Labute approximate surface area is 353 Å². The number of carbonyl (C=O) groups is 6. The van der Waals surface area contributed by atoms with E-state index in [1.165, 1.54) is 0 Å². The maximum absolute atomic E-state index is 13.7. The molecule has 6 atom stereocenters. The van der Waals surface area contributed by atoms with Crippen molar-refractivity contribution in [2.24, 2.45) is 0 Å². The monoisotopic (exact) mass is 878 g/mol. The lowest BCUT2D eigenvalue weighted by Gasteiger charge is -2.45. The zero-order valence-electron chi connectivity index (χ0n) is 31.9. The summed E-state index contributed by atoms with van der Waals surface area (Å²) in [6.07, 6.45) is -8.36. The molecule has 1 fully saturated rings. The number of esters is 4. The van der Waals surface area contributed by atoms with Gasteiger partial charge in [0.15, 0.2) is 24.5 Å². The van der Waals surface area contributed by atoms with Crippen molar-refractivity contribution in [3.05, 3.63) is 95.6 Å². The molecule has 59 heavy (non-hydrogen) atoms. The molecule has 1 aliphatic carbocycles. The van der Waals surface area contributed by atoms with E-state index in [1.54, 1.807) is 30.3 Å². The van der Waals surface area contributed by atoms with Gasteiger partial charge in [0.1, 0.15) is 38.6 Å². The Hall–Kier alpha value is -5.13. The first kappa shape index (κ1) is 45.0. The highest BCUT2D eigenvalue weighted by Gasteiger charge is 2.52. The van der Waals surface area contributed by atoms with Crippen LogP contribution in [0.2, 0.25) is 0 Å². The van der Waals surface area contributed by atoms with Gasteiger partial charge in [-0.15, -0.1) is 0 Å². The Kier molecular flexibility index (Phi) is 15.8. The Morgan fingerprint density at radius 3 is 1.88 bits per heavy atom. The zero-order valence-corrected chi connectivity index (χ0v) is 34.2. The van der Waals surface area contributed by atoms with Gasteiger partial charge in [-0.3, -0.25) is 14.4 Å². The quantitative estimate of drug-likeness (QED) is 0.114. The molecule has 1 heterocycles. The van der Waals surface area contributed by atoms with Crippen molar-refractivity contribution in [2.75, 3.05) is 26.4 Å². The van der Waals surface area contributed by atoms with Crippen LogP contribution < -0.4 is 10.6 Å². The second kappa shape index (κ2) is 20.7. The van der Waals surface area contributed by atoms with Crippen LogP contribution in [0.1, 0.15) is 43.4 Å². The number of benzene rings is 3. The maximum atomic E-state index is 13.7. The molecular weight excluding hydrogens is 839 g/mol. The topological polar surface area (TPSA) is 200 Å². The van der Waals surface area contributed by atoms with E-state index < -0.39 is 96.4 Å². The number of carbonyl (C=O) groups excluding carboxylic acids is 6. The Morgan fingerprint density at radius 1 is 0.695 bits per heavy atom. The molecule has 1 aliphatic heterocycles. The highest BCUT2D eigenvalue weighted by molar-refractivity contribution is 6.67. The summed E-state index contributed by atoms with van der Waals surface area (Å²) in [6, 6.07) is 21.1. The molecule has 0 saturated carbocycles. The minimum atomic E-state index is -2.01. The van der Waals surface area contributed by atoms with E-state index in [9.17, 15) is 28.8 Å². The van der Waals surface area contributed by atoms with Gasteiger partial charge in [0, 0.05) is 26.7 Å². The van der Waals surface area contributed by atoms with Crippen molar-refractivity contribution >= 4 is 70.9 Å². The van der Waals surface area contributed by atoms with Gasteiger partial charge in [0.2, 0.25) is 3.79 Å². The zero-order chi connectivity index (χ0) is 42.7. The largest absolute Gasteiger partial charge is 0.463 e. The molecule has 16 nitrogen and oxygen atoms in total. The summed E-state index contributed by atoms with van der Waals surface area (Å²) in [5.41, 5.74) is 4.58. The number of hydrogen-bond donors (Lipinski definition) is 2. The number of amides is 2. The van der Waals surface area contributed by atoms with Crippen LogP contribution in [0.25, 0.3) is 11.1 Å². The highest BCUT2D eigenvalue weighted by atomic mass is 35.6. The van der Waals surface area contributed by atoms with Crippen LogP contribution in [0.4, 0.5) is 9.59 Å². The summed E-state index contributed by atoms with van der Waals surface area (Å²) in [5.74, 6) is -3.72. The van der Waals surface area contributed by atoms with Crippen molar-refractivity contribution in [3.63, 3.8) is 0 Å². The Morgan fingerprint density at radius 2 is 1.29 bits per heavy atom. The van der Waals surface area contributed by atoms with Crippen molar-refractivity contribution in [2.45, 2.75) is 73.8 Å². The second-order valence-electron chi connectivity index (χ2n) is 13.3. The van der Waals surface area contributed by atoms with Gasteiger partial charge in [0.05, 0.1) is 6.61 Å². The first-order chi connectivity index (χ1) is 28.1. The summed E-state index contributed by atoms with van der Waals surface area (Å²) in [4.78, 5) is 76.6. The molecule has 19 heteroatoms. The van der Waals surface area contributed by atoms with E-state index in [2.05, 4.69) is 10.6 Å². The van der Waals surface area contributed by atoms with E-state index in [0.717, 1.165) is 43.0 Å². The molecule has 2 N–H and O–H groups in total. The van der Waals surface area contributed by atoms with Gasteiger partial charge >= 0.3 is 36.1 Å². The Balaban J connectivity index is 1.39. The van der Waals surface area contributed by atoms with Crippen molar-refractivity contribution in [3.8, 4) is 11.1 Å². The number of hydrogen-bond acceptors (Lipinski definition) is 14. The van der Waals surface area contributed by atoms with Crippen molar-refractivity contribution in [1.29, 1.82) is 0 Å². The first-order valence-corrected chi connectivity index (χ1v) is 19.3. The van der Waals surface area contributed by atoms with Crippen LogP contribution in [0, 0.1) is 0 Å². The third-order valence-electron chi connectivity index (χ3n) is 8.92. The van der Waals surface area contributed by atoms with Gasteiger partial charge in [-0.2, -0.15) is 0 Å². The minimum Gasteiger partial charge on any atom is -0.463 e. The normalized spacial score (nSPS) is 20.1. The van der Waals surface area contributed by atoms with Gasteiger partial charge in [-0.05, 0) is 27.8 Å². The molecule has 3 aromatic carbocycles. The van der Waals surface area contributed by atoms with Crippen LogP contribution in [0.5, 0.6) is 0 Å². The molecule has 0 unspecified atom stereocenters. The highest BCUT2D eigenvalue weighted by Crippen LogP contribution is 2.44. The first-order valence-electron chi connectivity index (χ1n) is 18.2. The molecule has 3 aromatic rings. The average molecular weight is 880 g/mol. The Bertz CT molecular complexity index is 1930. The smallest absolute Gasteiger partial charge is 0.407 e. The van der Waals surface area contributed by atoms with Crippen LogP contribution >= 0.6 is 34.8 Å². The van der Waals surface area contributed by atoms with Crippen LogP contribution in [-0.2, 0) is 63.7 Å². The van der Waals surface area contributed by atoms with Gasteiger partial charge in [-0.1, -0.05) is 114 Å². The van der Waals surface area contributed by atoms with Crippen molar-refractivity contribution < 1.29 is 66.7 Å². The molecule has 0 spiro atoms. The molecule has 1 saturated heterocycles. The standard InChI is InChI=1S/C40H41Cl3N2O14/c1-22(46)52-20-32-34(57-23(2)47)35(58-24(3)48)33(45-39(51)56-21-40(41,42)43)37(59-32)54-19-31(36(49)53-17-25-11-5-4-6-12-25)44-38(50)55-18-30-28-15-9-7-13-26(28)27-14-8-10-16-29(27)30/h4-16,30-35,37H,17-21H2,1-3H3,(H,44,50)(H,45,51)/t31-,32+,33+,34+,35+,37+/m0/s1. The fraction of sp³-hybridized carbons (Fsp3) is 0.400. The van der Waals surface area contributed by atoms with E-state index in [4.69, 9.17) is 72.7 Å². The summed E-state index contributed by atoms with van der Waals surface area (Å²) < 4.78 is 42.4. The molecule has 5 rings (SSSR count). The third-order valence-corrected chi connectivity index (χ3v) is 9.25. The number of ether oxygens (including phenoxy) is 8. The lowest BCUT2D eigenvalue weighted by atomic mass is 9.96. The number of fused-ring (bicyclic) bond motifs is 3. The number of nitrogens with one attached hydrogen (secondary N) is 2. The molecule has 316 valence electrons. The number of alkyl carbamates (subject to hydrolysis) is 2. The van der Waals surface area contributed by atoms with E-state index >= 15 is 0 Å². The molecule has 0 aromatic heterocycles. The summed E-state index contributed by atoms with van der Waals surface area (Å²) in [7, 11) is 0. The molecular formula is C40H41Cl3N2O14. The number of halogens is 3. The maximum Gasteiger partial charge on any atom is 0.407 e. The van der Waals surface area contributed by atoms with Gasteiger partial charge in [0.25, 0.3) is 0 Å². The fourth-order valence-corrected chi connectivity index (χ4v) is 6.66. The number of rotatable bonds is 15.